The van der Waals surface area contributed by atoms with Gasteiger partial charge < -0.3 is 14.6 Å². The van der Waals surface area contributed by atoms with Crippen LogP contribution < -0.4 is 9.47 Å². The first-order valence-corrected chi connectivity index (χ1v) is 6.33. The molecule has 0 aromatic heterocycles. The van der Waals surface area contributed by atoms with Crippen LogP contribution in [0.15, 0.2) is 48.5 Å². The number of benzene rings is 2. The van der Waals surface area contributed by atoms with Gasteiger partial charge in [-0.05, 0) is 36.8 Å². The van der Waals surface area contributed by atoms with E-state index in [1.807, 2.05) is 55.5 Å². The van der Waals surface area contributed by atoms with Gasteiger partial charge in [-0.15, -0.1) is 0 Å². The summed E-state index contributed by atoms with van der Waals surface area (Å²) in [4.78, 5) is 0. The van der Waals surface area contributed by atoms with E-state index in [2.05, 4.69) is 0 Å². The number of hydrogen-bond donors (Lipinski definition) is 1. The van der Waals surface area contributed by atoms with Crippen molar-refractivity contribution in [2.45, 2.75) is 19.4 Å². The smallest absolute Gasteiger partial charge is 0.133 e. The normalized spacial score (nSPS) is 11.9. The van der Waals surface area contributed by atoms with Crippen molar-refractivity contribution in [2.75, 3.05) is 7.11 Å². The van der Waals surface area contributed by atoms with Crippen molar-refractivity contribution in [1.29, 1.82) is 0 Å². The molecule has 0 amide bonds. The van der Waals surface area contributed by atoms with E-state index in [0.717, 1.165) is 17.1 Å². The Bertz CT molecular complexity index is 520. The largest absolute Gasteiger partial charge is 0.497 e. The molecule has 0 radical (unpaired) electrons. The monoisotopic (exact) mass is 258 g/mol. The molecule has 0 unspecified atom stereocenters. The molecule has 0 aliphatic rings. The number of methoxy groups -OCH3 is 1. The highest BCUT2D eigenvalue weighted by molar-refractivity contribution is 5.40. The molecule has 19 heavy (non-hydrogen) atoms. The lowest BCUT2D eigenvalue weighted by molar-refractivity contribution is 0.170. The lowest BCUT2D eigenvalue weighted by Crippen LogP contribution is -1.98. The third kappa shape index (κ3) is 3.26. The van der Waals surface area contributed by atoms with Gasteiger partial charge in [0.1, 0.15) is 17.2 Å². The maximum Gasteiger partial charge on any atom is 0.133 e. The Labute approximate surface area is 113 Å². The predicted molar refractivity (Wildman–Crippen MR) is 74.8 cm³/mol. The third-order valence-electron chi connectivity index (χ3n) is 2.95. The zero-order valence-corrected chi connectivity index (χ0v) is 11.2. The Morgan fingerprint density at radius 3 is 2.26 bits per heavy atom. The second kappa shape index (κ2) is 6.25. The summed E-state index contributed by atoms with van der Waals surface area (Å²) in [5.74, 6) is 2.19. The van der Waals surface area contributed by atoms with E-state index in [0.29, 0.717) is 12.2 Å². The maximum absolute atomic E-state index is 9.97. The molecule has 0 bridgehead atoms. The quantitative estimate of drug-likeness (QED) is 0.883. The molecule has 2 rings (SSSR count). The first-order valence-electron chi connectivity index (χ1n) is 6.33. The molecule has 1 N–H and O–H groups in total. The molecular formula is C16H18O3. The Balaban J connectivity index is 2.22. The minimum atomic E-state index is -0.505. The Kier molecular flexibility index (Phi) is 4.42. The van der Waals surface area contributed by atoms with Crippen LogP contribution in [0.4, 0.5) is 0 Å². The van der Waals surface area contributed by atoms with Crippen molar-refractivity contribution < 1.29 is 14.6 Å². The molecule has 3 heteroatoms. The van der Waals surface area contributed by atoms with E-state index in [4.69, 9.17) is 9.47 Å². The molecule has 0 fully saturated rings. The average Bonchev–Trinajstić information content (AvgIpc) is 2.48. The van der Waals surface area contributed by atoms with Crippen molar-refractivity contribution in [3.8, 4) is 17.2 Å². The highest BCUT2D eigenvalue weighted by atomic mass is 16.5. The first-order chi connectivity index (χ1) is 9.24. The topological polar surface area (TPSA) is 38.7 Å². The molecule has 0 spiro atoms. The Morgan fingerprint density at radius 2 is 1.63 bits per heavy atom. The second-order valence-corrected chi connectivity index (χ2v) is 4.24. The summed E-state index contributed by atoms with van der Waals surface area (Å²) in [6.07, 6.45) is 0.151. The van der Waals surface area contributed by atoms with Gasteiger partial charge in [0.25, 0.3) is 0 Å². The van der Waals surface area contributed by atoms with Crippen molar-refractivity contribution >= 4 is 0 Å². The van der Waals surface area contributed by atoms with Crippen molar-refractivity contribution in [1.82, 2.24) is 0 Å². The Hall–Kier alpha value is -2.00. The molecule has 2 aromatic carbocycles. The molecule has 100 valence electrons. The Morgan fingerprint density at radius 1 is 1.00 bits per heavy atom. The van der Waals surface area contributed by atoms with Crippen LogP contribution in [-0.4, -0.2) is 12.2 Å². The molecule has 0 aliphatic heterocycles. The van der Waals surface area contributed by atoms with Crippen LogP contribution in [-0.2, 0) is 0 Å². The number of para-hydroxylation sites is 1. The predicted octanol–water partition coefficient (Wildman–Crippen LogP) is 3.93. The summed E-state index contributed by atoms with van der Waals surface area (Å²) in [7, 11) is 1.63. The zero-order chi connectivity index (χ0) is 13.7. The van der Waals surface area contributed by atoms with E-state index < -0.39 is 6.10 Å². The van der Waals surface area contributed by atoms with E-state index >= 15 is 0 Å². The first kappa shape index (κ1) is 13.4. The van der Waals surface area contributed by atoms with Crippen LogP contribution in [0, 0.1) is 0 Å². The van der Waals surface area contributed by atoms with Gasteiger partial charge >= 0.3 is 0 Å². The van der Waals surface area contributed by atoms with Gasteiger partial charge in [0.05, 0.1) is 13.2 Å². The van der Waals surface area contributed by atoms with Gasteiger partial charge in [0.15, 0.2) is 0 Å². The minimum absolute atomic E-state index is 0.505. The van der Waals surface area contributed by atoms with E-state index in [9.17, 15) is 5.11 Å². The van der Waals surface area contributed by atoms with Crippen LogP contribution in [0.3, 0.4) is 0 Å². The van der Waals surface area contributed by atoms with E-state index in [1.165, 1.54) is 0 Å². The molecule has 0 heterocycles. The lowest BCUT2D eigenvalue weighted by atomic mass is 10.1. The number of aliphatic hydroxyl groups excluding tert-OH is 1. The maximum atomic E-state index is 9.97. The minimum Gasteiger partial charge on any atom is -0.497 e. The fourth-order valence-corrected chi connectivity index (χ4v) is 1.84. The molecule has 3 nitrogen and oxygen atoms in total. The van der Waals surface area contributed by atoms with Crippen LogP contribution in [0.1, 0.15) is 25.0 Å². The summed E-state index contributed by atoms with van der Waals surface area (Å²) < 4.78 is 10.9. The SMILES string of the molecule is CC[C@@H](O)c1ccccc1Oc1ccc(OC)cc1. The van der Waals surface area contributed by atoms with Crippen molar-refractivity contribution in [2.24, 2.45) is 0 Å². The van der Waals surface area contributed by atoms with Crippen LogP contribution in [0.5, 0.6) is 17.2 Å². The van der Waals surface area contributed by atoms with Gasteiger partial charge in [-0.25, -0.2) is 0 Å². The zero-order valence-electron chi connectivity index (χ0n) is 11.2. The van der Waals surface area contributed by atoms with Crippen LogP contribution in [0.25, 0.3) is 0 Å². The lowest BCUT2D eigenvalue weighted by Gasteiger charge is -2.14. The van der Waals surface area contributed by atoms with E-state index in [-0.39, 0.29) is 0 Å². The van der Waals surface area contributed by atoms with Gasteiger partial charge in [-0.3, -0.25) is 0 Å². The summed E-state index contributed by atoms with van der Waals surface area (Å²) >= 11 is 0. The highest BCUT2D eigenvalue weighted by Crippen LogP contribution is 2.31. The van der Waals surface area contributed by atoms with Crippen molar-refractivity contribution in [3.05, 3.63) is 54.1 Å². The average molecular weight is 258 g/mol. The highest BCUT2D eigenvalue weighted by Gasteiger charge is 2.11. The number of aliphatic hydroxyl groups is 1. The fraction of sp³-hybridized carbons (Fsp3) is 0.250. The molecule has 0 saturated heterocycles. The number of ether oxygens (including phenoxy) is 2. The number of rotatable bonds is 5. The fourth-order valence-electron chi connectivity index (χ4n) is 1.84. The molecule has 0 aliphatic carbocycles. The van der Waals surface area contributed by atoms with Crippen LogP contribution >= 0.6 is 0 Å². The van der Waals surface area contributed by atoms with Crippen molar-refractivity contribution in [3.63, 3.8) is 0 Å². The summed E-state index contributed by atoms with van der Waals surface area (Å²) in [5, 5.41) is 9.97. The van der Waals surface area contributed by atoms with Crippen LogP contribution in [0.2, 0.25) is 0 Å². The molecule has 2 aromatic rings. The number of hydrogen-bond acceptors (Lipinski definition) is 3. The van der Waals surface area contributed by atoms with Gasteiger partial charge in [-0.1, -0.05) is 25.1 Å². The van der Waals surface area contributed by atoms with Gasteiger partial charge in [0.2, 0.25) is 0 Å². The molecule has 1 atom stereocenters. The third-order valence-corrected chi connectivity index (χ3v) is 2.95. The summed E-state index contributed by atoms with van der Waals surface area (Å²) in [6.45, 7) is 1.94. The molecule has 0 saturated carbocycles. The van der Waals surface area contributed by atoms with Gasteiger partial charge in [-0.2, -0.15) is 0 Å². The standard InChI is InChI=1S/C16H18O3/c1-3-15(17)14-6-4-5-7-16(14)19-13-10-8-12(18-2)9-11-13/h4-11,15,17H,3H2,1-2H3/t15-/m1/s1. The second-order valence-electron chi connectivity index (χ2n) is 4.24. The molecular weight excluding hydrogens is 240 g/mol. The van der Waals surface area contributed by atoms with Gasteiger partial charge in [0, 0.05) is 5.56 Å². The van der Waals surface area contributed by atoms with E-state index in [1.54, 1.807) is 7.11 Å². The summed E-state index contributed by atoms with van der Waals surface area (Å²) in [5.41, 5.74) is 0.806. The summed E-state index contributed by atoms with van der Waals surface area (Å²) in [6, 6.07) is 14.9.